The predicted molar refractivity (Wildman–Crippen MR) is 254 cm³/mol. The number of fused-ring (bicyclic) bond motifs is 9. The predicted octanol–water partition coefficient (Wildman–Crippen LogP) is 16.8. The summed E-state index contributed by atoms with van der Waals surface area (Å²) in [6.45, 7) is 0. The maximum absolute atomic E-state index is 14.4. The van der Waals surface area contributed by atoms with Gasteiger partial charge in [0.25, 0.3) is 0 Å². The molecule has 0 radical (unpaired) electrons. The van der Waals surface area contributed by atoms with Crippen LogP contribution in [0.5, 0.6) is 0 Å². The third-order valence-electron chi connectivity index (χ3n) is 12.9. The monoisotopic (exact) mass is 969 g/mol. The molecule has 0 saturated heterocycles. The molecule has 0 spiro atoms. The fourth-order valence-electron chi connectivity index (χ4n) is 9.45. The van der Waals surface area contributed by atoms with E-state index in [4.69, 9.17) is 13.3 Å². The Hall–Kier alpha value is -9.24. The number of hydrogen-bond donors (Lipinski definition) is 0. The van der Waals surface area contributed by atoms with Crippen LogP contribution in [0.25, 0.3) is 133 Å². The summed E-state index contributed by atoms with van der Waals surface area (Å²) in [5.74, 6) is -12.8. The largest absolute Gasteiger partial charge is 0.454 e. The first kappa shape index (κ1) is 42.8. The number of rotatable bonds is 6. The van der Waals surface area contributed by atoms with Crippen molar-refractivity contribution < 1.29 is 52.8 Å². The second kappa shape index (κ2) is 15.9. The van der Waals surface area contributed by atoms with Crippen molar-refractivity contribution in [3.05, 3.63) is 198 Å². The van der Waals surface area contributed by atoms with E-state index in [0.717, 1.165) is 36.4 Å². The van der Waals surface area contributed by atoms with Gasteiger partial charge in [0.15, 0.2) is 69.1 Å². The summed E-state index contributed by atoms with van der Waals surface area (Å²) in [6, 6.07) is 31.1. The fraction of sp³-hybridized carbons (Fsp3) is 0. The molecule has 0 aliphatic carbocycles. The lowest BCUT2D eigenvalue weighted by molar-refractivity contribution is 0.447. The van der Waals surface area contributed by atoms with Gasteiger partial charge in [-0.05, 0) is 159 Å². The summed E-state index contributed by atoms with van der Waals surface area (Å²) in [7, 11) is 0. The average Bonchev–Trinajstić information content (AvgIpc) is 4.09. The van der Waals surface area contributed by atoms with Crippen LogP contribution in [0.15, 0.2) is 159 Å². The highest BCUT2D eigenvalue weighted by molar-refractivity contribution is 6.12. The number of benzene rings is 7. The summed E-state index contributed by atoms with van der Waals surface area (Å²) in [5, 5.41) is 1.54. The molecule has 0 unspecified atom stereocenters. The molecule has 6 nitrogen and oxygen atoms in total. The Morgan fingerprint density at radius 2 is 0.528 bits per heavy atom. The van der Waals surface area contributed by atoms with E-state index in [9.17, 15) is 39.5 Å². The molecule has 13 rings (SSSR count). The molecule has 15 heteroatoms. The summed E-state index contributed by atoms with van der Waals surface area (Å²) in [6.07, 6.45) is 4.76. The second-order valence-electron chi connectivity index (χ2n) is 17.1. The van der Waals surface area contributed by atoms with E-state index in [1.54, 1.807) is 91.4 Å². The molecule has 0 amide bonds. The fourth-order valence-corrected chi connectivity index (χ4v) is 9.45. The van der Waals surface area contributed by atoms with Crippen molar-refractivity contribution >= 4 is 66.2 Å². The maximum atomic E-state index is 14.4. The molecule has 0 fully saturated rings. The minimum absolute atomic E-state index is 0.101. The zero-order valence-electron chi connectivity index (χ0n) is 36.3. The van der Waals surface area contributed by atoms with Gasteiger partial charge in [0, 0.05) is 51.4 Å². The van der Waals surface area contributed by atoms with Crippen LogP contribution in [-0.2, 0) is 0 Å². The van der Waals surface area contributed by atoms with E-state index in [0.29, 0.717) is 116 Å². The maximum Gasteiger partial charge on any atom is 0.194 e. The van der Waals surface area contributed by atoms with Gasteiger partial charge >= 0.3 is 0 Å². The Morgan fingerprint density at radius 3 is 0.792 bits per heavy atom. The highest BCUT2D eigenvalue weighted by Crippen LogP contribution is 2.44. The van der Waals surface area contributed by atoms with Gasteiger partial charge in [0.05, 0.1) is 0 Å². The molecule has 72 heavy (non-hydrogen) atoms. The molecular weight excluding hydrogens is 946 g/mol. The molecule has 0 bridgehead atoms. The molecule has 7 aromatic carbocycles. The summed E-state index contributed by atoms with van der Waals surface area (Å²) >= 11 is 0. The molecule has 6 aromatic heterocycles. The first-order valence-electron chi connectivity index (χ1n) is 21.9. The SMILES string of the molecule is Fc1cc(-c2ccc3oc4c(-c5cc(-c6ccnc7c6oc6ccc(-c8cc(F)c(F)c(F)c8)cc67)cc(-c6ccnc7c6oc6ccc(-c8cc(F)c(F)c(F)c8)cc67)c5)ccnc4c3c2)cc(F)c1F. The Labute approximate surface area is 397 Å². The molecule has 6 heterocycles. The van der Waals surface area contributed by atoms with Gasteiger partial charge in [-0.2, -0.15) is 0 Å². The average molecular weight is 970 g/mol. The zero-order chi connectivity index (χ0) is 49.3. The number of aromatic nitrogens is 3. The molecule has 0 atom stereocenters. The Balaban J connectivity index is 1.01. The van der Waals surface area contributed by atoms with E-state index < -0.39 is 52.4 Å². The van der Waals surface area contributed by atoms with Gasteiger partial charge in [-0.3, -0.25) is 15.0 Å². The van der Waals surface area contributed by atoms with E-state index >= 15 is 0 Å². The smallest absolute Gasteiger partial charge is 0.194 e. The quantitative estimate of drug-likeness (QED) is 0.122. The summed E-state index contributed by atoms with van der Waals surface area (Å²) in [5.41, 5.74) is 8.57. The van der Waals surface area contributed by atoms with Crippen LogP contribution >= 0.6 is 0 Å². The molecule has 13 aromatic rings. The molecule has 0 aliphatic rings. The van der Waals surface area contributed by atoms with Crippen molar-refractivity contribution in [2.45, 2.75) is 0 Å². The van der Waals surface area contributed by atoms with Crippen LogP contribution in [0.4, 0.5) is 39.5 Å². The first-order valence-corrected chi connectivity index (χ1v) is 21.9. The zero-order valence-corrected chi connectivity index (χ0v) is 36.3. The first-order chi connectivity index (χ1) is 34.8. The second-order valence-corrected chi connectivity index (χ2v) is 17.1. The lowest BCUT2D eigenvalue weighted by Gasteiger charge is -2.12. The highest BCUT2D eigenvalue weighted by Gasteiger charge is 2.23. The standard InChI is InChI=1S/C57H24F9N3O3/c58-40-19-28(20-41(59)49(40)64)25-1-4-46-37(16-25)52-55(70-46)34(7-10-67-52)31-13-32(35-8-11-68-53-38-17-26(2-5-47(38)71-56(35)53)29-21-42(60)50(65)43(61)22-29)15-33(14-31)36-9-12-69-54-39-18-27(3-6-48(39)72-57(36)54)30-23-44(62)51(66)45(63)24-30/h1-24H. The van der Waals surface area contributed by atoms with Crippen LogP contribution in [0.3, 0.4) is 0 Å². The van der Waals surface area contributed by atoms with Crippen LogP contribution in [0.1, 0.15) is 0 Å². The van der Waals surface area contributed by atoms with E-state index in [-0.39, 0.29) is 16.7 Å². The van der Waals surface area contributed by atoms with Gasteiger partial charge in [-0.1, -0.05) is 18.2 Å². The van der Waals surface area contributed by atoms with Crippen molar-refractivity contribution in [3.63, 3.8) is 0 Å². The lowest BCUT2D eigenvalue weighted by atomic mass is 9.93. The Kier molecular flexibility index (Phi) is 9.46. The van der Waals surface area contributed by atoms with Crippen LogP contribution in [0, 0.1) is 52.4 Å². The number of halogens is 9. The minimum atomic E-state index is -1.58. The molecule has 0 saturated carbocycles. The lowest BCUT2D eigenvalue weighted by Crippen LogP contribution is -1.91. The van der Waals surface area contributed by atoms with Crippen LogP contribution in [-0.4, -0.2) is 15.0 Å². The summed E-state index contributed by atoms with van der Waals surface area (Å²) < 4.78 is 147. The number of hydrogen-bond acceptors (Lipinski definition) is 6. The third-order valence-corrected chi connectivity index (χ3v) is 12.9. The van der Waals surface area contributed by atoms with Gasteiger partial charge in [0.1, 0.15) is 33.3 Å². The van der Waals surface area contributed by atoms with E-state index in [1.165, 1.54) is 0 Å². The molecule has 348 valence electrons. The van der Waals surface area contributed by atoms with Gasteiger partial charge in [0.2, 0.25) is 0 Å². The van der Waals surface area contributed by atoms with Gasteiger partial charge in [-0.15, -0.1) is 0 Å². The normalized spacial score (nSPS) is 12.0. The number of furan rings is 3. The van der Waals surface area contributed by atoms with Crippen LogP contribution in [0.2, 0.25) is 0 Å². The van der Waals surface area contributed by atoms with E-state index in [1.807, 2.05) is 18.2 Å². The Bertz CT molecular complexity index is 3950. The van der Waals surface area contributed by atoms with Gasteiger partial charge < -0.3 is 13.3 Å². The van der Waals surface area contributed by atoms with Crippen LogP contribution < -0.4 is 0 Å². The third kappa shape index (κ3) is 6.72. The van der Waals surface area contributed by atoms with Crippen molar-refractivity contribution in [1.82, 2.24) is 15.0 Å². The molecule has 0 aliphatic heterocycles. The number of pyridine rings is 3. The highest BCUT2D eigenvalue weighted by atomic mass is 19.2. The Morgan fingerprint density at radius 1 is 0.264 bits per heavy atom. The minimum Gasteiger partial charge on any atom is -0.454 e. The van der Waals surface area contributed by atoms with Crippen molar-refractivity contribution in [2.75, 3.05) is 0 Å². The van der Waals surface area contributed by atoms with Crippen molar-refractivity contribution in [3.8, 4) is 66.8 Å². The van der Waals surface area contributed by atoms with Gasteiger partial charge in [-0.25, -0.2) is 39.5 Å². The van der Waals surface area contributed by atoms with Crippen molar-refractivity contribution in [1.29, 1.82) is 0 Å². The van der Waals surface area contributed by atoms with Crippen molar-refractivity contribution in [2.24, 2.45) is 0 Å². The number of nitrogens with zero attached hydrogens (tertiary/aromatic N) is 3. The topological polar surface area (TPSA) is 78.1 Å². The molecular formula is C57H24F9N3O3. The summed E-state index contributed by atoms with van der Waals surface area (Å²) in [4.78, 5) is 13.9. The molecule has 0 N–H and O–H groups in total. The van der Waals surface area contributed by atoms with E-state index in [2.05, 4.69) is 15.0 Å².